The van der Waals surface area contributed by atoms with Gasteiger partial charge in [0, 0.05) is 29.9 Å². The molecule has 0 radical (unpaired) electrons. The number of primary sulfonamides is 1. The number of para-hydroxylation sites is 1. The molecule has 104 valence electrons. The summed E-state index contributed by atoms with van der Waals surface area (Å²) < 4.78 is 47.0. The van der Waals surface area contributed by atoms with Crippen LogP contribution in [0.25, 0.3) is 10.9 Å². The fourth-order valence-electron chi connectivity index (χ4n) is 1.89. The van der Waals surface area contributed by atoms with E-state index >= 15 is 0 Å². The van der Waals surface area contributed by atoms with E-state index in [-0.39, 0.29) is 17.2 Å². The summed E-state index contributed by atoms with van der Waals surface area (Å²) in [5.41, 5.74) is 0.648. The summed E-state index contributed by atoms with van der Waals surface area (Å²) >= 11 is 0. The molecule has 0 unspecified atom stereocenters. The number of hydrogen-bond acceptors (Lipinski definition) is 4. The molecule has 0 spiro atoms. The Hall–Kier alpha value is -1.38. The van der Waals surface area contributed by atoms with Crippen LogP contribution in [0.1, 0.15) is 0 Å². The van der Waals surface area contributed by atoms with Gasteiger partial charge >= 0.3 is 0 Å². The minimum atomic E-state index is -3.83. The minimum absolute atomic E-state index is 0.0107. The maximum atomic E-state index is 11.5. The number of aromatic nitrogens is 1. The van der Waals surface area contributed by atoms with Gasteiger partial charge in [-0.15, -0.1) is 0 Å². The Balaban J connectivity index is 2.57. The Morgan fingerprint density at radius 3 is 2.37 bits per heavy atom. The second kappa shape index (κ2) is 4.62. The lowest BCUT2D eigenvalue weighted by Gasteiger charge is -2.03. The van der Waals surface area contributed by atoms with Crippen molar-refractivity contribution in [3.8, 4) is 0 Å². The summed E-state index contributed by atoms with van der Waals surface area (Å²) in [7, 11) is -6.95. The quantitative estimate of drug-likeness (QED) is 0.880. The molecule has 2 rings (SSSR count). The van der Waals surface area contributed by atoms with Crippen molar-refractivity contribution in [1.29, 1.82) is 0 Å². The number of nitrogens with zero attached hydrogens (tertiary/aromatic N) is 1. The van der Waals surface area contributed by atoms with Crippen LogP contribution in [0, 0.1) is 0 Å². The van der Waals surface area contributed by atoms with Crippen molar-refractivity contribution in [3.05, 3.63) is 30.5 Å². The van der Waals surface area contributed by atoms with Crippen LogP contribution in [-0.4, -0.2) is 33.4 Å². The molecule has 8 heteroatoms. The normalized spacial score (nSPS) is 12.9. The topological polar surface area (TPSA) is 99.2 Å². The average molecular weight is 302 g/mol. The van der Waals surface area contributed by atoms with Crippen molar-refractivity contribution in [2.24, 2.45) is 5.14 Å². The van der Waals surface area contributed by atoms with Crippen LogP contribution in [0.5, 0.6) is 0 Å². The van der Waals surface area contributed by atoms with E-state index in [1.165, 1.54) is 6.20 Å². The summed E-state index contributed by atoms with van der Waals surface area (Å²) in [5.74, 6) is -0.0598. The molecule has 2 aromatic rings. The van der Waals surface area contributed by atoms with E-state index in [2.05, 4.69) is 0 Å². The van der Waals surface area contributed by atoms with E-state index in [4.69, 9.17) is 5.14 Å². The predicted molar refractivity (Wildman–Crippen MR) is 73.0 cm³/mol. The number of rotatable bonds is 4. The zero-order valence-corrected chi connectivity index (χ0v) is 11.9. The molecule has 0 aliphatic carbocycles. The van der Waals surface area contributed by atoms with Gasteiger partial charge in [-0.05, 0) is 6.07 Å². The van der Waals surface area contributed by atoms with Crippen LogP contribution in [-0.2, 0) is 26.4 Å². The first-order valence-corrected chi connectivity index (χ1v) is 9.07. The van der Waals surface area contributed by atoms with E-state index < -0.39 is 19.9 Å². The van der Waals surface area contributed by atoms with Gasteiger partial charge < -0.3 is 4.57 Å². The van der Waals surface area contributed by atoms with Gasteiger partial charge in [-0.3, -0.25) is 0 Å². The minimum Gasteiger partial charge on any atom is -0.345 e. The van der Waals surface area contributed by atoms with Crippen molar-refractivity contribution in [1.82, 2.24) is 4.57 Å². The molecular weight excluding hydrogens is 288 g/mol. The monoisotopic (exact) mass is 302 g/mol. The SMILES string of the molecule is CS(=O)(=O)CCn1cc(S(N)(=O)=O)c2ccccc21. The summed E-state index contributed by atoms with van der Waals surface area (Å²) in [6.45, 7) is 0.189. The average Bonchev–Trinajstić information content (AvgIpc) is 2.64. The molecule has 0 fully saturated rings. The third kappa shape index (κ3) is 3.14. The number of nitrogens with two attached hydrogens (primary N) is 1. The first kappa shape index (κ1) is 14.0. The van der Waals surface area contributed by atoms with Crippen molar-refractivity contribution < 1.29 is 16.8 Å². The smallest absolute Gasteiger partial charge is 0.240 e. The number of sulfone groups is 1. The van der Waals surface area contributed by atoms with Crippen molar-refractivity contribution in [2.45, 2.75) is 11.4 Å². The standard InChI is InChI=1S/C11H14N2O4S2/c1-18(14,15)7-6-13-8-11(19(12,16)17)9-4-2-3-5-10(9)13/h2-5,8H,6-7H2,1H3,(H2,12,16,17). The Morgan fingerprint density at radius 1 is 1.16 bits per heavy atom. The Morgan fingerprint density at radius 2 is 1.79 bits per heavy atom. The number of fused-ring (bicyclic) bond motifs is 1. The van der Waals surface area contributed by atoms with Gasteiger partial charge in [0.2, 0.25) is 10.0 Å². The third-order valence-corrected chi connectivity index (χ3v) is 4.62. The van der Waals surface area contributed by atoms with Crippen LogP contribution in [0.15, 0.2) is 35.4 Å². The van der Waals surface area contributed by atoms with Gasteiger partial charge in [-0.1, -0.05) is 18.2 Å². The third-order valence-electron chi connectivity index (χ3n) is 2.76. The van der Waals surface area contributed by atoms with Crippen LogP contribution >= 0.6 is 0 Å². The molecule has 6 nitrogen and oxygen atoms in total. The highest BCUT2D eigenvalue weighted by atomic mass is 32.2. The molecule has 0 aliphatic heterocycles. The van der Waals surface area contributed by atoms with Crippen molar-refractivity contribution in [2.75, 3.05) is 12.0 Å². The van der Waals surface area contributed by atoms with Crippen LogP contribution in [0.4, 0.5) is 0 Å². The molecule has 1 heterocycles. The van der Waals surface area contributed by atoms with E-state index in [0.29, 0.717) is 10.9 Å². The van der Waals surface area contributed by atoms with E-state index in [9.17, 15) is 16.8 Å². The molecule has 1 aromatic carbocycles. The maximum absolute atomic E-state index is 11.5. The Kier molecular flexibility index (Phi) is 3.41. The van der Waals surface area contributed by atoms with E-state index in [1.807, 2.05) is 0 Å². The predicted octanol–water partition coefficient (Wildman–Crippen LogP) is 0.333. The Labute approximate surface area is 111 Å². The molecule has 19 heavy (non-hydrogen) atoms. The molecule has 2 N–H and O–H groups in total. The van der Waals surface area contributed by atoms with Gasteiger partial charge in [-0.2, -0.15) is 0 Å². The largest absolute Gasteiger partial charge is 0.345 e. The van der Waals surface area contributed by atoms with Gasteiger partial charge in [0.05, 0.1) is 5.75 Å². The van der Waals surface area contributed by atoms with E-state index in [1.54, 1.807) is 28.8 Å². The second-order valence-corrected chi connectivity index (χ2v) is 8.17. The summed E-state index contributed by atoms with van der Waals surface area (Å²) in [4.78, 5) is 0.0107. The lowest BCUT2D eigenvalue weighted by atomic mass is 10.2. The second-order valence-electron chi connectivity index (χ2n) is 4.38. The highest BCUT2D eigenvalue weighted by Gasteiger charge is 2.17. The van der Waals surface area contributed by atoms with Gasteiger partial charge in [0.25, 0.3) is 0 Å². The van der Waals surface area contributed by atoms with Crippen molar-refractivity contribution in [3.63, 3.8) is 0 Å². The fraction of sp³-hybridized carbons (Fsp3) is 0.273. The highest BCUT2D eigenvalue weighted by molar-refractivity contribution is 7.90. The van der Waals surface area contributed by atoms with Crippen LogP contribution < -0.4 is 5.14 Å². The molecular formula is C11H14N2O4S2. The lowest BCUT2D eigenvalue weighted by Crippen LogP contribution is -2.12. The summed E-state index contributed by atoms with van der Waals surface area (Å²) in [5, 5.41) is 5.66. The van der Waals surface area contributed by atoms with Gasteiger partial charge in [0.15, 0.2) is 0 Å². The highest BCUT2D eigenvalue weighted by Crippen LogP contribution is 2.24. The first-order valence-electron chi connectivity index (χ1n) is 5.47. The molecule has 0 saturated heterocycles. The number of sulfonamides is 1. The molecule has 1 aromatic heterocycles. The zero-order chi connectivity index (χ0) is 14.3. The Bertz CT molecular complexity index is 819. The van der Waals surface area contributed by atoms with Crippen LogP contribution in [0.2, 0.25) is 0 Å². The summed E-state index contributed by atoms with van der Waals surface area (Å²) in [6, 6.07) is 6.84. The van der Waals surface area contributed by atoms with Gasteiger partial charge in [-0.25, -0.2) is 22.0 Å². The lowest BCUT2D eigenvalue weighted by molar-refractivity contribution is 0.595. The maximum Gasteiger partial charge on any atom is 0.240 e. The first-order chi connectivity index (χ1) is 8.68. The fourth-order valence-corrected chi connectivity index (χ4v) is 3.17. The molecule has 0 saturated carbocycles. The molecule has 0 bridgehead atoms. The molecule has 0 aliphatic rings. The number of hydrogen-bond donors (Lipinski definition) is 1. The van der Waals surface area contributed by atoms with Crippen LogP contribution in [0.3, 0.4) is 0 Å². The number of benzene rings is 1. The summed E-state index contributed by atoms with van der Waals surface area (Å²) in [6.07, 6.45) is 2.52. The van der Waals surface area contributed by atoms with Crippen molar-refractivity contribution >= 4 is 30.8 Å². The van der Waals surface area contributed by atoms with E-state index in [0.717, 1.165) is 6.26 Å². The molecule has 0 amide bonds. The zero-order valence-electron chi connectivity index (χ0n) is 10.3. The molecule has 0 atom stereocenters. The number of aryl methyl sites for hydroxylation is 1. The van der Waals surface area contributed by atoms with Gasteiger partial charge in [0.1, 0.15) is 14.7 Å².